The lowest BCUT2D eigenvalue weighted by molar-refractivity contribution is 1.22. The van der Waals surface area contributed by atoms with E-state index in [9.17, 15) is 0 Å². The Morgan fingerprint density at radius 3 is 2.74 bits per heavy atom. The van der Waals surface area contributed by atoms with Gasteiger partial charge in [0.1, 0.15) is 0 Å². The molecule has 0 atom stereocenters. The van der Waals surface area contributed by atoms with Crippen LogP contribution >= 0.6 is 0 Å². The number of rotatable bonds is 6. The van der Waals surface area contributed by atoms with Crippen molar-refractivity contribution in [3.63, 3.8) is 0 Å². The Balaban J connectivity index is 3.13. The first kappa shape index (κ1) is 15.0. The average molecular weight is 254 g/mol. The molecule has 0 saturated carbocycles. The Kier molecular flexibility index (Phi) is 6.37. The lowest BCUT2D eigenvalue weighted by Crippen LogP contribution is -1.98. The first-order valence-corrected chi connectivity index (χ1v) is 6.59. The van der Waals surface area contributed by atoms with Gasteiger partial charge >= 0.3 is 0 Å². The molecule has 0 aliphatic heterocycles. The number of allylic oxidation sites excluding steroid dienone is 4. The van der Waals surface area contributed by atoms with Crippen LogP contribution in [0.1, 0.15) is 32.8 Å². The molecule has 0 saturated heterocycles. The summed E-state index contributed by atoms with van der Waals surface area (Å²) in [6, 6.07) is 5.99. The number of nitrogens with zero attached hydrogens (tertiary/aromatic N) is 1. The zero-order valence-electron chi connectivity index (χ0n) is 12.0. The van der Waals surface area contributed by atoms with E-state index in [0.29, 0.717) is 0 Å². The summed E-state index contributed by atoms with van der Waals surface area (Å²) in [4.78, 5) is 4.07. The Morgan fingerprint density at radius 1 is 1.37 bits per heavy atom. The Bertz CT molecular complexity index is 508. The van der Waals surface area contributed by atoms with E-state index in [4.69, 9.17) is 0 Å². The number of hydrogen-bond donors (Lipinski definition) is 1. The maximum absolute atomic E-state index is 4.07. The lowest BCUT2D eigenvalue weighted by atomic mass is 10.1. The fourth-order valence-corrected chi connectivity index (χ4v) is 1.75. The van der Waals surface area contributed by atoms with Gasteiger partial charge in [0.25, 0.3) is 0 Å². The molecule has 0 heterocycles. The summed E-state index contributed by atoms with van der Waals surface area (Å²) in [6.45, 7) is 9.76. The highest BCUT2D eigenvalue weighted by atomic mass is 14.9. The van der Waals surface area contributed by atoms with Crippen LogP contribution in [-0.4, -0.2) is 6.72 Å². The molecule has 0 unspecified atom stereocenters. The van der Waals surface area contributed by atoms with Crippen molar-refractivity contribution in [3.8, 4) is 0 Å². The van der Waals surface area contributed by atoms with E-state index in [-0.39, 0.29) is 0 Å². The molecule has 0 aliphatic carbocycles. The Morgan fingerprint density at radius 2 is 2.16 bits per heavy atom. The summed E-state index contributed by atoms with van der Waals surface area (Å²) in [5.41, 5.74) is 4.06. The monoisotopic (exact) mass is 254 g/mol. The summed E-state index contributed by atoms with van der Waals surface area (Å²) in [6.07, 6.45) is 11.4. The zero-order chi connectivity index (χ0) is 14.1. The normalized spacial score (nSPS) is 12.3. The van der Waals surface area contributed by atoms with Crippen molar-refractivity contribution >= 4 is 24.2 Å². The van der Waals surface area contributed by atoms with E-state index in [1.807, 2.05) is 44.2 Å². The average Bonchev–Trinajstić information content (AvgIpc) is 2.45. The van der Waals surface area contributed by atoms with Gasteiger partial charge in [-0.05, 0) is 45.2 Å². The van der Waals surface area contributed by atoms with Gasteiger partial charge in [0.05, 0.1) is 5.69 Å². The summed E-state index contributed by atoms with van der Waals surface area (Å²) in [5.74, 6) is 0. The SMILES string of the molecule is C=Nc1cccc(NC(/C=C\CC)=C/C)c1/C=C\C. The molecule has 0 bridgehead atoms. The van der Waals surface area contributed by atoms with Gasteiger partial charge in [-0.1, -0.05) is 37.3 Å². The van der Waals surface area contributed by atoms with Crippen molar-refractivity contribution in [3.05, 3.63) is 53.8 Å². The molecule has 1 rings (SSSR count). The minimum Gasteiger partial charge on any atom is -0.355 e. The lowest BCUT2D eigenvalue weighted by Gasteiger charge is -2.12. The van der Waals surface area contributed by atoms with Gasteiger partial charge in [-0.2, -0.15) is 0 Å². The largest absolute Gasteiger partial charge is 0.355 e. The molecule has 19 heavy (non-hydrogen) atoms. The van der Waals surface area contributed by atoms with Crippen molar-refractivity contribution < 1.29 is 0 Å². The predicted octanol–water partition coefficient (Wildman–Crippen LogP) is 5.33. The molecule has 2 heteroatoms. The van der Waals surface area contributed by atoms with Gasteiger partial charge in [-0.25, -0.2) is 0 Å². The second-order valence-corrected chi connectivity index (χ2v) is 4.08. The van der Waals surface area contributed by atoms with E-state index in [1.165, 1.54) is 0 Å². The van der Waals surface area contributed by atoms with Gasteiger partial charge in [0, 0.05) is 16.9 Å². The molecule has 100 valence electrons. The molecule has 1 aromatic rings. The van der Waals surface area contributed by atoms with Crippen molar-refractivity contribution in [2.24, 2.45) is 4.99 Å². The molecule has 0 fully saturated rings. The maximum atomic E-state index is 4.07. The zero-order valence-corrected chi connectivity index (χ0v) is 12.0. The Labute approximate surface area is 116 Å². The number of nitrogens with one attached hydrogen (secondary N) is 1. The predicted molar refractivity (Wildman–Crippen MR) is 87.2 cm³/mol. The quantitative estimate of drug-likeness (QED) is 0.538. The number of benzene rings is 1. The second kappa shape index (κ2) is 8.09. The van der Waals surface area contributed by atoms with Crippen molar-refractivity contribution in [1.29, 1.82) is 0 Å². The van der Waals surface area contributed by atoms with Crippen LogP contribution in [0, 0.1) is 0 Å². The number of aliphatic imine (C=N–C) groups is 1. The van der Waals surface area contributed by atoms with Crippen molar-refractivity contribution in [1.82, 2.24) is 0 Å². The van der Waals surface area contributed by atoms with Gasteiger partial charge in [0.2, 0.25) is 0 Å². The van der Waals surface area contributed by atoms with E-state index >= 15 is 0 Å². The van der Waals surface area contributed by atoms with Crippen LogP contribution in [0.4, 0.5) is 11.4 Å². The topological polar surface area (TPSA) is 24.4 Å². The van der Waals surface area contributed by atoms with Crippen LogP contribution in [0.5, 0.6) is 0 Å². The first-order valence-electron chi connectivity index (χ1n) is 6.59. The molecule has 1 aromatic carbocycles. The highest BCUT2D eigenvalue weighted by Gasteiger charge is 2.04. The molecule has 1 N–H and O–H groups in total. The molecule has 0 spiro atoms. The molecular weight excluding hydrogens is 232 g/mol. The summed E-state index contributed by atoms with van der Waals surface area (Å²) < 4.78 is 0. The van der Waals surface area contributed by atoms with Crippen LogP contribution in [0.2, 0.25) is 0 Å². The third-order valence-electron chi connectivity index (χ3n) is 2.71. The van der Waals surface area contributed by atoms with Crippen LogP contribution in [0.3, 0.4) is 0 Å². The van der Waals surface area contributed by atoms with Crippen molar-refractivity contribution in [2.75, 3.05) is 5.32 Å². The van der Waals surface area contributed by atoms with E-state index in [2.05, 4.69) is 42.2 Å². The van der Waals surface area contributed by atoms with E-state index in [0.717, 1.165) is 29.1 Å². The van der Waals surface area contributed by atoms with Crippen LogP contribution in [0.15, 0.2) is 53.2 Å². The van der Waals surface area contributed by atoms with Gasteiger partial charge < -0.3 is 5.32 Å². The van der Waals surface area contributed by atoms with Crippen molar-refractivity contribution in [2.45, 2.75) is 27.2 Å². The summed E-state index contributed by atoms with van der Waals surface area (Å²) in [5, 5.41) is 3.43. The summed E-state index contributed by atoms with van der Waals surface area (Å²) >= 11 is 0. The third kappa shape index (κ3) is 4.25. The summed E-state index contributed by atoms with van der Waals surface area (Å²) in [7, 11) is 0. The van der Waals surface area contributed by atoms with Crippen LogP contribution < -0.4 is 5.32 Å². The van der Waals surface area contributed by atoms with Crippen LogP contribution in [0.25, 0.3) is 6.08 Å². The molecule has 0 aromatic heterocycles. The van der Waals surface area contributed by atoms with E-state index < -0.39 is 0 Å². The molecule has 0 amide bonds. The van der Waals surface area contributed by atoms with Gasteiger partial charge in [0.15, 0.2) is 0 Å². The molecular formula is C17H22N2. The molecule has 2 nitrogen and oxygen atoms in total. The fraction of sp³-hybridized carbons (Fsp3) is 0.235. The first-order chi connectivity index (χ1) is 9.26. The fourth-order valence-electron chi connectivity index (χ4n) is 1.75. The minimum atomic E-state index is 0.887. The standard InChI is InChI=1S/C17H22N2/c1-5-8-11-14(7-3)19-17-13-9-12-16(18-4)15(17)10-6-2/h6-13,19H,4-5H2,1-3H3/b10-6-,11-8-,14-7+. The minimum absolute atomic E-state index is 0.887. The highest BCUT2D eigenvalue weighted by Crippen LogP contribution is 2.29. The second-order valence-electron chi connectivity index (χ2n) is 4.08. The number of hydrogen-bond acceptors (Lipinski definition) is 2. The van der Waals surface area contributed by atoms with Gasteiger partial charge in [-0.3, -0.25) is 4.99 Å². The third-order valence-corrected chi connectivity index (χ3v) is 2.71. The van der Waals surface area contributed by atoms with Gasteiger partial charge in [-0.15, -0.1) is 0 Å². The molecule has 0 aliphatic rings. The smallest absolute Gasteiger partial charge is 0.0715 e. The van der Waals surface area contributed by atoms with Crippen LogP contribution in [-0.2, 0) is 0 Å². The van der Waals surface area contributed by atoms with E-state index in [1.54, 1.807) is 0 Å². The number of anilines is 1. The molecule has 0 radical (unpaired) electrons. The maximum Gasteiger partial charge on any atom is 0.0715 e. The highest BCUT2D eigenvalue weighted by molar-refractivity contribution is 5.78. The Hall–Kier alpha value is -2.09.